The number of rotatable bonds is 3. The average Bonchev–Trinajstić information content (AvgIpc) is 3.21. The zero-order valence-electron chi connectivity index (χ0n) is 11.9. The second-order valence-electron chi connectivity index (χ2n) is 6.67. The van der Waals surface area contributed by atoms with Crippen molar-refractivity contribution in [2.24, 2.45) is 5.92 Å². The van der Waals surface area contributed by atoms with Crippen LogP contribution in [0.4, 0.5) is 0 Å². The van der Waals surface area contributed by atoms with Gasteiger partial charge in [0.25, 0.3) is 0 Å². The van der Waals surface area contributed by atoms with Crippen LogP contribution in [0.1, 0.15) is 56.2 Å². The quantitative estimate of drug-likeness (QED) is 0.916. The maximum atomic E-state index is 6.12. The van der Waals surface area contributed by atoms with Gasteiger partial charge in [-0.05, 0) is 57.5 Å². The molecule has 1 aromatic heterocycles. The standard InChI is InChI=1S/C15H23N3O2/c1-2-12(1)14-17-13(20-18-14)9-11-3-8-19-15(10-11)4-6-16-7-5-15/h11-12,16H,1-10H2. The Bertz CT molecular complexity index is 458. The molecule has 3 fully saturated rings. The predicted molar refractivity (Wildman–Crippen MR) is 73.5 cm³/mol. The maximum Gasteiger partial charge on any atom is 0.226 e. The highest BCUT2D eigenvalue weighted by molar-refractivity contribution is 5.04. The van der Waals surface area contributed by atoms with Gasteiger partial charge in [0.1, 0.15) is 0 Å². The minimum atomic E-state index is 0.119. The molecule has 20 heavy (non-hydrogen) atoms. The molecular weight excluding hydrogens is 254 g/mol. The number of piperidine rings is 1. The second kappa shape index (κ2) is 5.11. The van der Waals surface area contributed by atoms with E-state index in [2.05, 4.69) is 15.5 Å². The van der Waals surface area contributed by atoms with Gasteiger partial charge in [0.2, 0.25) is 5.89 Å². The Morgan fingerprint density at radius 3 is 2.85 bits per heavy atom. The smallest absolute Gasteiger partial charge is 0.226 e. The summed E-state index contributed by atoms with van der Waals surface area (Å²) in [5, 5.41) is 7.54. The number of hydrogen-bond donors (Lipinski definition) is 1. The van der Waals surface area contributed by atoms with E-state index in [0.717, 1.165) is 63.5 Å². The summed E-state index contributed by atoms with van der Waals surface area (Å²) >= 11 is 0. The first-order chi connectivity index (χ1) is 9.83. The molecule has 0 amide bonds. The SMILES string of the molecule is C1CC2(CCN1)CC(Cc1nc(C3CC3)no1)CCO2. The highest BCUT2D eigenvalue weighted by atomic mass is 16.5. The number of hydrogen-bond acceptors (Lipinski definition) is 5. The van der Waals surface area contributed by atoms with E-state index in [0.29, 0.717) is 11.8 Å². The van der Waals surface area contributed by atoms with Crippen molar-refractivity contribution in [1.82, 2.24) is 15.5 Å². The van der Waals surface area contributed by atoms with Crippen molar-refractivity contribution in [3.05, 3.63) is 11.7 Å². The van der Waals surface area contributed by atoms with Gasteiger partial charge in [-0.1, -0.05) is 5.16 Å². The van der Waals surface area contributed by atoms with E-state index in [1.54, 1.807) is 0 Å². The van der Waals surface area contributed by atoms with E-state index in [1.807, 2.05) is 0 Å². The van der Waals surface area contributed by atoms with E-state index in [9.17, 15) is 0 Å². The van der Waals surface area contributed by atoms with Crippen molar-refractivity contribution >= 4 is 0 Å². The van der Waals surface area contributed by atoms with Crippen molar-refractivity contribution in [3.63, 3.8) is 0 Å². The molecule has 1 atom stereocenters. The summed E-state index contributed by atoms with van der Waals surface area (Å²) in [7, 11) is 0. The van der Waals surface area contributed by atoms with Crippen LogP contribution in [0.3, 0.4) is 0 Å². The minimum absolute atomic E-state index is 0.119. The lowest BCUT2D eigenvalue weighted by molar-refractivity contribution is -0.114. The highest BCUT2D eigenvalue weighted by Gasteiger charge is 2.39. The van der Waals surface area contributed by atoms with Gasteiger partial charge in [-0.15, -0.1) is 0 Å². The molecule has 2 saturated heterocycles. The molecule has 2 aliphatic heterocycles. The third-order valence-electron chi connectivity index (χ3n) is 5.00. The van der Waals surface area contributed by atoms with Crippen LogP contribution in [-0.2, 0) is 11.2 Å². The van der Waals surface area contributed by atoms with E-state index < -0.39 is 0 Å². The Balaban J connectivity index is 1.39. The van der Waals surface area contributed by atoms with Crippen LogP contribution in [0.15, 0.2) is 4.52 Å². The van der Waals surface area contributed by atoms with Crippen LogP contribution >= 0.6 is 0 Å². The summed E-state index contributed by atoms with van der Waals surface area (Å²) in [6.07, 6.45) is 7.93. The molecule has 3 aliphatic rings. The molecule has 1 unspecified atom stereocenters. The summed E-state index contributed by atoms with van der Waals surface area (Å²) in [5.74, 6) is 2.99. The number of nitrogens with zero attached hydrogens (tertiary/aromatic N) is 2. The molecule has 0 aromatic carbocycles. The molecule has 3 heterocycles. The van der Waals surface area contributed by atoms with Crippen LogP contribution in [0.2, 0.25) is 0 Å². The molecule has 1 N–H and O–H groups in total. The Morgan fingerprint density at radius 1 is 1.20 bits per heavy atom. The van der Waals surface area contributed by atoms with Gasteiger partial charge in [0, 0.05) is 18.9 Å². The lowest BCUT2D eigenvalue weighted by Gasteiger charge is -2.43. The van der Waals surface area contributed by atoms with E-state index in [-0.39, 0.29) is 5.60 Å². The normalized spacial score (nSPS) is 29.7. The third kappa shape index (κ3) is 2.61. The fourth-order valence-electron chi connectivity index (χ4n) is 3.64. The Labute approximate surface area is 119 Å². The first-order valence-electron chi connectivity index (χ1n) is 8.00. The molecule has 1 saturated carbocycles. The largest absolute Gasteiger partial charge is 0.375 e. The first-order valence-corrected chi connectivity index (χ1v) is 8.00. The second-order valence-corrected chi connectivity index (χ2v) is 6.67. The Kier molecular flexibility index (Phi) is 3.27. The molecule has 5 heteroatoms. The molecule has 110 valence electrons. The van der Waals surface area contributed by atoms with Gasteiger partial charge in [-0.2, -0.15) is 4.98 Å². The molecule has 1 aromatic rings. The number of ether oxygens (including phenoxy) is 1. The lowest BCUT2D eigenvalue weighted by atomic mass is 9.79. The van der Waals surface area contributed by atoms with E-state index in [4.69, 9.17) is 9.26 Å². The fraction of sp³-hybridized carbons (Fsp3) is 0.867. The van der Waals surface area contributed by atoms with Gasteiger partial charge in [-0.25, -0.2) is 0 Å². The van der Waals surface area contributed by atoms with Gasteiger partial charge < -0.3 is 14.6 Å². The fourth-order valence-corrected chi connectivity index (χ4v) is 3.64. The van der Waals surface area contributed by atoms with Crippen molar-refractivity contribution in [1.29, 1.82) is 0 Å². The molecule has 4 rings (SSSR count). The molecule has 1 aliphatic carbocycles. The number of nitrogens with one attached hydrogen (secondary N) is 1. The zero-order chi connectivity index (χ0) is 13.4. The molecular formula is C15H23N3O2. The summed E-state index contributed by atoms with van der Waals surface area (Å²) in [6.45, 7) is 3.05. The predicted octanol–water partition coefficient (Wildman–Crippen LogP) is 2.04. The van der Waals surface area contributed by atoms with Crippen LogP contribution in [-0.4, -0.2) is 35.4 Å². The Morgan fingerprint density at radius 2 is 2.05 bits per heavy atom. The van der Waals surface area contributed by atoms with Crippen molar-refractivity contribution < 1.29 is 9.26 Å². The molecule has 0 radical (unpaired) electrons. The van der Waals surface area contributed by atoms with E-state index >= 15 is 0 Å². The van der Waals surface area contributed by atoms with Gasteiger partial charge in [0.15, 0.2) is 5.82 Å². The Hall–Kier alpha value is -0.940. The van der Waals surface area contributed by atoms with Crippen LogP contribution in [0, 0.1) is 5.92 Å². The third-order valence-corrected chi connectivity index (χ3v) is 5.00. The van der Waals surface area contributed by atoms with Gasteiger partial charge in [0.05, 0.1) is 5.60 Å². The molecule has 0 bridgehead atoms. The average molecular weight is 277 g/mol. The monoisotopic (exact) mass is 277 g/mol. The highest BCUT2D eigenvalue weighted by Crippen LogP contribution is 2.39. The van der Waals surface area contributed by atoms with Gasteiger partial charge in [-0.3, -0.25) is 0 Å². The van der Waals surface area contributed by atoms with E-state index in [1.165, 1.54) is 12.8 Å². The van der Waals surface area contributed by atoms with Crippen LogP contribution in [0.25, 0.3) is 0 Å². The molecule has 1 spiro atoms. The van der Waals surface area contributed by atoms with Crippen molar-refractivity contribution in [3.8, 4) is 0 Å². The van der Waals surface area contributed by atoms with Crippen LogP contribution < -0.4 is 5.32 Å². The van der Waals surface area contributed by atoms with Crippen molar-refractivity contribution in [2.45, 2.75) is 56.5 Å². The summed E-state index contributed by atoms with van der Waals surface area (Å²) in [5.41, 5.74) is 0.119. The zero-order valence-corrected chi connectivity index (χ0v) is 11.9. The molecule has 5 nitrogen and oxygen atoms in total. The summed E-state index contributed by atoms with van der Waals surface area (Å²) in [6, 6.07) is 0. The minimum Gasteiger partial charge on any atom is -0.375 e. The lowest BCUT2D eigenvalue weighted by Crippen LogP contribution is -2.48. The van der Waals surface area contributed by atoms with Crippen LogP contribution in [0.5, 0.6) is 0 Å². The van der Waals surface area contributed by atoms with Crippen molar-refractivity contribution in [2.75, 3.05) is 19.7 Å². The summed E-state index contributed by atoms with van der Waals surface area (Å²) in [4.78, 5) is 4.57. The topological polar surface area (TPSA) is 60.2 Å². The first kappa shape index (κ1) is 12.8. The van der Waals surface area contributed by atoms with Gasteiger partial charge >= 0.3 is 0 Å². The summed E-state index contributed by atoms with van der Waals surface area (Å²) < 4.78 is 11.6. The number of aromatic nitrogens is 2. The maximum absolute atomic E-state index is 6.12.